The monoisotopic (exact) mass is 473 g/mol. The second-order valence-electron chi connectivity index (χ2n) is 8.83. The molecule has 5 rings (SSSR count). The number of benzene rings is 3. The van der Waals surface area contributed by atoms with Crippen LogP contribution < -0.4 is 10.1 Å². The molecule has 2 aliphatic rings. The first kappa shape index (κ1) is 23.1. The minimum absolute atomic E-state index is 0.000121. The number of aliphatic hydroxyl groups excluding tert-OH is 2. The smallest absolute Gasteiger partial charge is 0.407 e. The van der Waals surface area contributed by atoms with E-state index < -0.39 is 18.3 Å². The maximum atomic E-state index is 12.3. The highest BCUT2D eigenvalue weighted by Crippen LogP contribution is 2.44. The van der Waals surface area contributed by atoms with E-state index in [0.717, 1.165) is 22.3 Å². The zero-order valence-electron chi connectivity index (χ0n) is 19.1. The average Bonchev–Trinajstić information content (AvgIpc) is 3.20. The van der Waals surface area contributed by atoms with Crippen molar-refractivity contribution in [3.63, 3.8) is 0 Å². The molecule has 3 N–H and O–H groups in total. The summed E-state index contributed by atoms with van der Waals surface area (Å²) in [6.07, 6.45) is -2.40. The number of ketones is 1. The third-order valence-electron chi connectivity index (χ3n) is 6.65. The maximum absolute atomic E-state index is 12.3. The topological polar surface area (TPSA) is 105 Å². The molecule has 1 aliphatic carbocycles. The van der Waals surface area contributed by atoms with E-state index in [1.807, 2.05) is 24.3 Å². The van der Waals surface area contributed by atoms with Crippen LogP contribution in [0.15, 0.2) is 66.7 Å². The molecular weight excluding hydrogens is 446 g/mol. The Labute approximate surface area is 203 Å². The lowest BCUT2D eigenvalue weighted by molar-refractivity contribution is 0.0135. The van der Waals surface area contributed by atoms with Crippen LogP contribution in [0.4, 0.5) is 4.79 Å². The maximum Gasteiger partial charge on any atom is 0.407 e. The van der Waals surface area contributed by atoms with Crippen molar-refractivity contribution in [1.29, 1.82) is 0 Å². The number of hydrogen-bond donors (Lipinski definition) is 3. The molecule has 0 bridgehead atoms. The lowest BCUT2D eigenvalue weighted by Crippen LogP contribution is -2.30. The number of nitrogens with one attached hydrogen (secondary N) is 1. The Morgan fingerprint density at radius 1 is 1.00 bits per heavy atom. The molecule has 1 aliphatic heterocycles. The molecule has 0 aromatic heterocycles. The highest BCUT2D eigenvalue weighted by Gasteiger charge is 2.29. The van der Waals surface area contributed by atoms with E-state index in [4.69, 9.17) is 9.47 Å². The second-order valence-corrected chi connectivity index (χ2v) is 8.83. The van der Waals surface area contributed by atoms with Gasteiger partial charge in [0.25, 0.3) is 0 Å². The summed E-state index contributed by atoms with van der Waals surface area (Å²) in [5, 5.41) is 23.6. The van der Waals surface area contributed by atoms with Gasteiger partial charge in [0, 0.05) is 18.9 Å². The number of fused-ring (bicyclic) bond motifs is 4. The van der Waals surface area contributed by atoms with E-state index in [2.05, 4.69) is 29.6 Å². The first-order chi connectivity index (χ1) is 17.0. The van der Waals surface area contributed by atoms with Gasteiger partial charge in [0.2, 0.25) is 0 Å². The summed E-state index contributed by atoms with van der Waals surface area (Å²) in [6, 6.07) is 21.0. The Kier molecular flexibility index (Phi) is 6.53. The van der Waals surface area contributed by atoms with Crippen molar-refractivity contribution in [1.82, 2.24) is 5.32 Å². The summed E-state index contributed by atoms with van der Waals surface area (Å²) in [6.45, 7) is 0.645. The molecule has 3 aromatic rings. The van der Waals surface area contributed by atoms with Crippen LogP contribution in [0.1, 0.15) is 51.9 Å². The predicted molar refractivity (Wildman–Crippen MR) is 130 cm³/mol. The lowest BCUT2D eigenvalue weighted by Gasteiger charge is -2.21. The molecule has 7 heteroatoms. The highest BCUT2D eigenvalue weighted by molar-refractivity contribution is 5.99. The van der Waals surface area contributed by atoms with Gasteiger partial charge < -0.3 is 25.0 Å². The van der Waals surface area contributed by atoms with Crippen LogP contribution in [0.5, 0.6) is 5.75 Å². The van der Waals surface area contributed by atoms with Crippen molar-refractivity contribution in [2.24, 2.45) is 0 Å². The molecule has 0 saturated heterocycles. The number of carbonyl (C=O) groups is 2. The second kappa shape index (κ2) is 9.90. The van der Waals surface area contributed by atoms with Crippen LogP contribution in [-0.4, -0.2) is 48.0 Å². The van der Waals surface area contributed by atoms with Crippen LogP contribution >= 0.6 is 0 Å². The molecule has 0 saturated carbocycles. The van der Waals surface area contributed by atoms with Gasteiger partial charge in [0.1, 0.15) is 18.5 Å². The van der Waals surface area contributed by atoms with Crippen LogP contribution in [0.3, 0.4) is 0 Å². The Morgan fingerprint density at radius 3 is 2.40 bits per heavy atom. The molecule has 1 heterocycles. The largest absolute Gasteiger partial charge is 0.492 e. The molecule has 2 atom stereocenters. The number of Topliss-reactive ketones (excluding diaryl/α,β-unsaturated/α-hetero) is 1. The SMILES string of the molecule is O=C(NCCC(O)C(O)c1ccc2c(c1)OCCC2=O)OCC1c2ccccc2-c2ccccc21. The van der Waals surface area contributed by atoms with Crippen molar-refractivity contribution >= 4 is 11.9 Å². The Hall–Kier alpha value is -3.68. The fourth-order valence-corrected chi connectivity index (χ4v) is 4.81. The number of amides is 1. The third-order valence-corrected chi connectivity index (χ3v) is 6.65. The average molecular weight is 474 g/mol. The summed E-state index contributed by atoms with van der Waals surface area (Å²) < 4.78 is 11.0. The van der Waals surface area contributed by atoms with Crippen LogP contribution in [0.2, 0.25) is 0 Å². The van der Waals surface area contributed by atoms with Gasteiger partial charge in [-0.2, -0.15) is 0 Å². The molecular formula is C28H27NO6. The summed E-state index contributed by atoms with van der Waals surface area (Å²) in [7, 11) is 0. The molecule has 0 spiro atoms. The number of aliphatic hydroxyl groups is 2. The molecule has 0 radical (unpaired) electrons. The molecule has 180 valence electrons. The number of rotatable bonds is 7. The minimum Gasteiger partial charge on any atom is -0.492 e. The molecule has 35 heavy (non-hydrogen) atoms. The van der Waals surface area contributed by atoms with E-state index in [0.29, 0.717) is 29.9 Å². The molecule has 7 nitrogen and oxygen atoms in total. The minimum atomic E-state index is -1.18. The van der Waals surface area contributed by atoms with Gasteiger partial charge >= 0.3 is 6.09 Å². The van der Waals surface area contributed by atoms with Crippen LogP contribution in [0.25, 0.3) is 11.1 Å². The Bertz CT molecular complexity index is 1210. The number of carbonyl (C=O) groups excluding carboxylic acids is 2. The standard InChI is InChI=1S/C28H27NO6/c30-24-12-14-34-26-15-17(9-10-22(24)26)27(32)25(31)11-13-29-28(33)35-16-23-20-7-3-1-5-18(20)19-6-2-4-8-21(19)23/h1-10,15,23,25,27,31-32H,11-14,16H2,(H,29,33). The van der Waals surface area contributed by atoms with Crippen LogP contribution in [0, 0.1) is 0 Å². The van der Waals surface area contributed by atoms with Crippen molar-refractivity contribution in [2.75, 3.05) is 19.8 Å². The fourth-order valence-electron chi connectivity index (χ4n) is 4.81. The summed E-state index contributed by atoms with van der Waals surface area (Å²) in [5.74, 6) is 0.389. The quantitative estimate of drug-likeness (QED) is 0.480. The molecule has 0 fully saturated rings. The number of ether oxygens (including phenoxy) is 2. The number of alkyl carbamates (subject to hydrolysis) is 1. The molecule has 3 aromatic carbocycles. The van der Waals surface area contributed by atoms with Crippen LogP contribution in [-0.2, 0) is 4.74 Å². The van der Waals surface area contributed by atoms with Gasteiger partial charge in [-0.25, -0.2) is 4.79 Å². The highest BCUT2D eigenvalue weighted by atomic mass is 16.5. The zero-order valence-corrected chi connectivity index (χ0v) is 19.1. The van der Waals surface area contributed by atoms with E-state index in [1.54, 1.807) is 18.2 Å². The van der Waals surface area contributed by atoms with Gasteiger partial charge in [-0.3, -0.25) is 4.79 Å². The van der Waals surface area contributed by atoms with Crippen molar-refractivity contribution in [2.45, 2.75) is 31.0 Å². The lowest BCUT2D eigenvalue weighted by atomic mass is 9.97. The Balaban J connectivity index is 1.12. The molecule has 1 amide bonds. The Morgan fingerprint density at radius 2 is 1.69 bits per heavy atom. The van der Waals surface area contributed by atoms with E-state index in [1.165, 1.54) is 0 Å². The van der Waals surface area contributed by atoms with Gasteiger partial charge in [-0.05, 0) is 46.4 Å². The van der Waals surface area contributed by atoms with Gasteiger partial charge in [-0.15, -0.1) is 0 Å². The third kappa shape index (κ3) is 4.65. The first-order valence-electron chi connectivity index (χ1n) is 11.8. The summed E-state index contributed by atoms with van der Waals surface area (Å²) in [4.78, 5) is 24.2. The van der Waals surface area contributed by atoms with E-state index >= 15 is 0 Å². The van der Waals surface area contributed by atoms with Gasteiger partial charge in [0.15, 0.2) is 5.78 Å². The van der Waals surface area contributed by atoms with E-state index in [9.17, 15) is 19.8 Å². The first-order valence-corrected chi connectivity index (χ1v) is 11.8. The summed E-state index contributed by atoms with van der Waals surface area (Å²) in [5.41, 5.74) is 5.52. The summed E-state index contributed by atoms with van der Waals surface area (Å²) >= 11 is 0. The normalized spacial score (nSPS) is 15.9. The zero-order chi connectivity index (χ0) is 24.4. The van der Waals surface area contributed by atoms with Gasteiger partial charge in [0.05, 0.1) is 18.3 Å². The van der Waals surface area contributed by atoms with Crippen molar-refractivity contribution in [3.05, 3.63) is 89.0 Å². The van der Waals surface area contributed by atoms with Gasteiger partial charge in [-0.1, -0.05) is 54.6 Å². The number of hydrogen-bond acceptors (Lipinski definition) is 6. The molecule has 2 unspecified atom stereocenters. The van der Waals surface area contributed by atoms with E-state index in [-0.39, 0.29) is 31.3 Å². The predicted octanol–water partition coefficient (Wildman–Crippen LogP) is 3.97. The van der Waals surface area contributed by atoms with Crippen molar-refractivity contribution < 1.29 is 29.3 Å². The van der Waals surface area contributed by atoms with Crippen molar-refractivity contribution in [3.8, 4) is 16.9 Å². The fraction of sp³-hybridized carbons (Fsp3) is 0.286.